The summed E-state index contributed by atoms with van der Waals surface area (Å²) >= 11 is 3.12. The summed E-state index contributed by atoms with van der Waals surface area (Å²) in [6.45, 7) is 2.38. The molecule has 0 saturated carbocycles. The molecule has 0 aliphatic carbocycles. The highest BCUT2D eigenvalue weighted by atomic mass is 79.9. The van der Waals surface area contributed by atoms with Gasteiger partial charge >= 0.3 is 0 Å². The summed E-state index contributed by atoms with van der Waals surface area (Å²) in [5.41, 5.74) is 1.31. The average Bonchev–Trinajstić information content (AvgIpc) is 2.44. The molecule has 2 aromatic carbocycles. The zero-order valence-corrected chi connectivity index (χ0v) is 12.6. The molecule has 0 fully saturated rings. The molecule has 2 rings (SSSR count). The first-order chi connectivity index (χ1) is 9.61. The molecule has 0 aliphatic rings. The zero-order chi connectivity index (χ0) is 14.5. The number of ketones is 1. The number of para-hydroxylation sites is 1. The van der Waals surface area contributed by atoms with E-state index in [1.54, 1.807) is 30.3 Å². The molecule has 2 aromatic rings. The van der Waals surface area contributed by atoms with Crippen molar-refractivity contribution in [3.05, 3.63) is 63.9 Å². The maximum Gasteiger partial charge on any atom is 0.170 e. The number of carbonyl (C=O) groups is 1. The second kappa shape index (κ2) is 6.66. The summed E-state index contributed by atoms with van der Waals surface area (Å²) < 4.78 is 19.0. The molecule has 0 unspecified atom stereocenters. The van der Waals surface area contributed by atoms with Crippen molar-refractivity contribution >= 4 is 21.7 Å². The minimum atomic E-state index is -0.337. The van der Waals surface area contributed by atoms with Crippen LogP contribution in [0.4, 0.5) is 4.39 Å². The maximum atomic E-state index is 13.2. The Kier molecular flexibility index (Phi) is 4.90. The van der Waals surface area contributed by atoms with Crippen LogP contribution < -0.4 is 4.74 Å². The first-order valence-corrected chi connectivity index (χ1v) is 7.10. The van der Waals surface area contributed by atoms with E-state index in [0.29, 0.717) is 22.4 Å². The molecule has 0 bridgehead atoms. The van der Waals surface area contributed by atoms with Crippen LogP contribution in [0.25, 0.3) is 0 Å². The van der Waals surface area contributed by atoms with Crippen molar-refractivity contribution in [2.75, 3.05) is 6.61 Å². The van der Waals surface area contributed by atoms with Gasteiger partial charge < -0.3 is 4.74 Å². The molecule has 0 heterocycles. The summed E-state index contributed by atoms with van der Waals surface area (Å²) in [5, 5.41) is 0. The number of halogens is 2. The topological polar surface area (TPSA) is 26.3 Å². The molecule has 0 spiro atoms. The SMILES string of the molecule is CCOc1ccccc1C(=O)Cc1ccc(F)c(Br)c1. The molecular weight excluding hydrogens is 323 g/mol. The molecule has 0 aliphatic heterocycles. The fraction of sp³-hybridized carbons (Fsp3) is 0.188. The van der Waals surface area contributed by atoms with Gasteiger partial charge in [-0.1, -0.05) is 18.2 Å². The van der Waals surface area contributed by atoms with Crippen LogP contribution in [-0.2, 0) is 6.42 Å². The van der Waals surface area contributed by atoms with Gasteiger partial charge in [-0.05, 0) is 52.7 Å². The van der Waals surface area contributed by atoms with Crippen molar-refractivity contribution < 1.29 is 13.9 Å². The van der Waals surface area contributed by atoms with Crippen molar-refractivity contribution in [3.63, 3.8) is 0 Å². The van der Waals surface area contributed by atoms with Gasteiger partial charge in [0.25, 0.3) is 0 Å². The fourth-order valence-corrected chi connectivity index (χ4v) is 2.33. The van der Waals surface area contributed by atoms with Crippen molar-refractivity contribution in [2.24, 2.45) is 0 Å². The third kappa shape index (κ3) is 3.45. The molecule has 0 atom stereocenters. The molecular formula is C16H14BrFO2. The van der Waals surface area contributed by atoms with Crippen molar-refractivity contribution in [1.29, 1.82) is 0 Å². The highest BCUT2D eigenvalue weighted by Crippen LogP contribution is 2.22. The van der Waals surface area contributed by atoms with Gasteiger partial charge in [0.1, 0.15) is 11.6 Å². The molecule has 2 nitrogen and oxygen atoms in total. The monoisotopic (exact) mass is 336 g/mol. The number of hydrogen-bond donors (Lipinski definition) is 0. The van der Waals surface area contributed by atoms with Gasteiger partial charge in [-0.25, -0.2) is 4.39 Å². The highest BCUT2D eigenvalue weighted by molar-refractivity contribution is 9.10. The Balaban J connectivity index is 2.21. The Labute approximate surface area is 125 Å². The van der Waals surface area contributed by atoms with E-state index in [0.717, 1.165) is 5.56 Å². The lowest BCUT2D eigenvalue weighted by Crippen LogP contribution is -2.07. The van der Waals surface area contributed by atoms with Crippen LogP contribution >= 0.6 is 15.9 Å². The highest BCUT2D eigenvalue weighted by Gasteiger charge is 2.13. The molecule has 0 N–H and O–H groups in total. The Morgan fingerprint density at radius 2 is 2.00 bits per heavy atom. The van der Waals surface area contributed by atoms with E-state index >= 15 is 0 Å². The van der Waals surface area contributed by atoms with Gasteiger partial charge in [-0.3, -0.25) is 4.79 Å². The molecule has 4 heteroatoms. The third-order valence-electron chi connectivity index (χ3n) is 2.84. The van der Waals surface area contributed by atoms with E-state index < -0.39 is 0 Å². The van der Waals surface area contributed by atoms with Crippen LogP contribution in [0.3, 0.4) is 0 Å². The van der Waals surface area contributed by atoms with E-state index in [2.05, 4.69) is 15.9 Å². The van der Waals surface area contributed by atoms with Crippen molar-refractivity contribution in [2.45, 2.75) is 13.3 Å². The number of Topliss-reactive ketones (excluding diaryl/α,β-unsaturated/α-hetero) is 1. The Morgan fingerprint density at radius 3 is 2.70 bits per heavy atom. The summed E-state index contributed by atoms with van der Waals surface area (Å²) in [7, 11) is 0. The van der Waals surface area contributed by atoms with Gasteiger partial charge in [0.15, 0.2) is 5.78 Å². The van der Waals surface area contributed by atoms with Gasteiger partial charge in [-0.2, -0.15) is 0 Å². The number of hydrogen-bond acceptors (Lipinski definition) is 2. The van der Waals surface area contributed by atoms with Gasteiger partial charge in [0.05, 0.1) is 16.6 Å². The maximum absolute atomic E-state index is 13.2. The minimum Gasteiger partial charge on any atom is -0.493 e. The normalized spacial score (nSPS) is 10.3. The van der Waals surface area contributed by atoms with E-state index in [1.807, 2.05) is 13.0 Å². The average molecular weight is 337 g/mol. The second-order valence-electron chi connectivity index (χ2n) is 4.28. The number of benzene rings is 2. The molecule has 0 aromatic heterocycles. The van der Waals surface area contributed by atoms with E-state index in [1.165, 1.54) is 6.07 Å². The first-order valence-electron chi connectivity index (χ1n) is 6.30. The molecule has 20 heavy (non-hydrogen) atoms. The predicted octanol–water partition coefficient (Wildman–Crippen LogP) is 4.41. The Hall–Kier alpha value is -1.68. The van der Waals surface area contributed by atoms with Crippen LogP contribution in [0.5, 0.6) is 5.75 Å². The summed E-state index contributed by atoms with van der Waals surface area (Å²) in [6.07, 6.45) is 0.211. The number of ether oxygens (including phenoxy) is 1. The summed E-state index contributed by atoms with van der Waals surface area (Å²) in [5.74, 6) is 0.199. The van der Waals surface area contributed by atoms with E-state index in [-0.39, 0.29) is 18.0 Å². The lowest BCUT2D eigenvalue weighted by molar-refractivity contribution is 0.0989. The van der Waals surface area contributed by atoms with Crippen molar-refractivity contribution in [3.8, 4) is 5.75 Å². The van der Waals surface area contributed by atoms with Crippen molar-refractivity contribution in [1.82, 2.24) is 0 Å². The smallest absolute Gasteiger partial charge is 0.170 e. The van der Waals surface area contributed by atoms with E-state index in [4.69, 9.17) is 4.74 Å². The van der Waals surface area contributed by atoms with E-state index in [9.17, 15) is 9.18 Å². The minimum absolute atomic E-state index is 0.0486. The molecule has 0 radical (unpaired) electrons. The predicted molar refractivity (Wildman–Crippen MR) is 79.7 cm³/mol. The Morgan fingerprint density at radius 1 is 1.25 bits per heavy atom. The van der Waals surface area contributed by atoms with Gasteiger partial charge in [0.2, 0.25) is 0 Å². The van der Waals surface area contributed by atoms with Gasteiger partial charge in [0, 0.05) is 6.42 Å². The van der Waals surface area contributed by atoms with Crippen LogP contribution in [0, 0.1) is 5.82 Å². The van der Waals surface area contributed by atoms with Crippen LogP contribution in [-0.4, -0.2) is 12.4 Å². The first kappa shape index (κ1) is 14.7. The lowest BCUT2D eigenvalue weighted by atomic mass is 10.0. The second-order valence-corrected chi connectivity index (χ2v) is 5.13. The summed E-state index contributed by atoms with van der Waals surface area (Å²) in [6, 6.07) is 11.7. The van der Waals surface area contributed by atoms with Crippen LogP contribution in [0.2, 0.25) is 0 Å². The Bertz CT molecular complexity index is 626. The van der Waals surface area contributed by atoms with Crippen LogP contribution in [0.1, 0.15) is 22.8 Å². The number of rotatable bonds is 5. The quantitative estimate of drug-likeness (QED) is 0.756. The molecule has 0 amide bonds. The largest absolute Gasteiger partial charge is 0.493 e. The van der Waals surface area contributed by atoms with Gasteiger partial charge in [-0.15, -0.1) is 0 Å². The molecule has 0 saturated heterocycles. The molecule has 104 valence electrons. The zero-order valence-electron chi connectivity index (χ0n) is 11.0. The number of carbonyl (C=O) groups excluding carboxylic acids is 1. The third-order valence-corrected chi connectivity index (χ3v) is 3.44. The lowest BCUT2D eigenvalue weighted by Gasteiger charge is -2.09. The van der Waals surface area contributed by atoms with Crippen LogP contribution in [0.15, 0.2) is 46.9 Å². The fourth-order valence-electron chi connectivity index (χ4n) is 1.91. The standard InChI is InChI=1S/C16H14BrFO2/c1-2-20-16-6-4-3-5-12(16)15(19)10-11-7-8-14(18)13(17)9-11/h3-9H,2,10H2,1H3. The summed E-state index contributed by atoms with van der Waals surface area (Å²) in [4.78, 5) is 12.3.